The molecule has 1 aliphatic carbocycles. The summed E-state index contributed by atoms with van der Waals surface area (Å²) in [5.74, 6) is 3.17. The van der Waals surface area contributed by atoms with E-state index in [0.717, 1.165) is 23.9 Å². The lowest BCUT2D eigenvalue weighted by atomic mass is 10.3. The van der Waals surface area contributed by atoms with E-state index in [0.29, 0.717) is 5.92 Å². The van der Waals surface area contributed by atoms with E-state index in [1.165, 1.54) is 18.5 Å². The Bertz CT molecular complexity index is 534. The Labute approximate surface area is 106 Å². The molecule has 0 spiro atoms. The predicted molar refractivity (Wildman–Crippen MR) is 70.1 cm³/mol. The molecule has 0 radical (unpaired) electrons. The van der Waals surface area contributed by atoms with Crippen molar-refractivity contribution in [2.75, 3.05) is 12.4 Å². The minimum atomic E-state index is 0.669. The van der Waals surface area contributed by atoms with E-state index in [1.807, 2.05) is 24.0 Å². The summed E-state index contributed by atoms with van der Waals surface area (Å²) in [4.78, 5) is 8.90. The van der Waals surface area contributed by atoms with Crippen molar-refractivity contribution in [1.82, 2.24) is 19.7 Å². The van der Waals surface area contributed by atoms with Crippen LogP contribution in [0.3, 0.4) is 0 Å². The van der Waals surface area contributed by atoms with Gasteiger partial charge in [-0.15, -0.1) is 0 Å². The molecule has 1 saturated carbocycles. The smallest absolute Gasteiger partial charge is 0.159 e. The maximum absolute atomic E-state index is 4.59. The lowest BCUT2D eigenvalue weighted by Crippen LogP contribution is -2.06. The molecule has 94 valence electrons. The largest absolute Gasteiger partial charge is 0.373 e. The summed E-state index contributed by atoms with van der Waals surface area (Å²) in [5, 5.41) is 7.65. The van der Waals surface area contributed by atoms with Gasteiger partial charge in [0, 0.05) is 31.6 Å². The van der Waals surface area contributed by atoms with E-state index in [9.17, 15) is 0 Å². The van der Waals surface area contributed by atoms with Crippen LogP contribution in [0.2, 0.25) is 0 Å². The van der Waals surface area contributed by atoms with Crippen LogP contribution in [-0.4, -0.2) is 26.8 Å². The zero-order valence-corrected chi connectivity index (χ0v) is 10.7. The van der Waals surface area contributed by atoms with E-state index >= 15 is 0 Å². The molecule has 0 aliphatic heterocycles. The Balaban J connectivity index is 1.97. The van der Waals surface area contributed by atoms with Crippen molar-refractivity contribution in [2.45, 2.75) is 32.1 Å². The fourth-order valence-corrected chi connectivity index (χ4v) is 1.95. The molecule has 0 bridgehead atoms. The lowest BCUT2D eigenvalue weighted by Gasteiger charge is -2.06. The van der Waals surface area contributed by atoms with Crippen LogP contribution in [0.15, 0.2) is 18.3 Å². The maximum atomic E-state index is 4.59. The second-order valence-electron chi connectivity index (χ2n) is 4.59. The van der Waals surface area contributed by atoms with Crippen LogP contribution in [0.1, 0.15) is 37.2 Å². The molecular weight excluding hydrogens is 226 g/mol. The molecule has 0 saturated heterocycles. The first-order chi connectivity index (χ1) is 8.80. The fraction of sp³-hybridized carbons (Fsp3) is 0.462. The third-order valence-corrected chi connectivity index (χ3v) is 3.17. The Kier molecular flexibility index (Phi) is 2.74. The highest BCUT2D eigenvalue weighted by atomic mass is 15.3. The topological polar surface area (TPSA) is 55.6 Å². The van der Waals surface area contributed by atoms with Crippen LogP contribution < -0.4 is 5.32 Å². The quantitative estimate of drug-likeness (QED) is 0.894. The third kappa shape index (κ3) is 2.08. The van der Waals surface area contributed by atoms with Crippen LogP contribution in [-0.2, 0) is 6.42 Å². The highest BCUT2D eigenvalue weighted by Crippen LogP contribution is 2.38. The summed E-state index contributed by atoms with van der Waals surface area (Å²) < 4.78 is 1.84. The number of aromatic nitrogens is 4. The van der Waals surface area contributed by atoms with Crippen molar-refractivity contribution in [1.29, 1.82) is 0 Å². The first-order valence-corrected chi connectivity index (χ1v) is 6.42. The summed E-state index contributed by atoms with van der Waals surface area (Å²) in [6, 6.07) is 4.01. The van der Waals surface area contributed by atoms with Gasteiger partial charge in [0.05, 0.1) is 5.69 Å². The molecular formula is C13H17N5. The summed E-state index contributed by atoms with van der Waals surface area (Å²) in [6.45, 7) is 2.05. The number of anilines is 1. The molecule has 1 fully saturated rings. The SMILES string of the molecule is CCc1nc(NC)cc(-n2ccc(C3CC3)n2)n1. The fourth-order valence-electron chi connectivity index (χ4n) is 1.95. The van der Waals surface area contributed by atoms with E-state index in [2.05, 4.69) is 33.4 Å². The van der Waals surface area contributed by atoms with Crippen molar-refractivity contribution in [3.63, 3.8) is 0 Å². The van der Waals surface area contributed by atoms with Gasteiger partial charge in [0.2, 0.25) is 0 Å². The van der Waals surface area contributed by atoms with Crippen molar-refractivity contribution < 1.29 is 0 Å². The van der Waals surface area contributed by atoms with Crippen LogP contribution >= 0.6 is 0 Å². The van der Waals surface area contributed by atoms with Crippen LogP contribution in [0.5, 0.6) is 0 Å². The molecule has 1 N–H and O–H groups in total. The third-order valence-electron chi connectivity index (χ3n) is 3.17. The molecule has 0 amide bonds. The molecule has 5 nitrogen and oxygen atoms in total. The maximum Gasteiger partial charge on any atom is 0.159 e. The predicted octanol–water partition coefficient (Wildman–Crippen LogP) is 2.14. The minimum Gasteiger partial charge on any atom is -0.373 e. The Hall–Kier alpha value is -1.91. The van der Waals surface area contributed by atoms with Crippen LogP contribution in [0.4, 0.5) is 5.82 Å². The van der Waals surface area contributed by atoms with Gasteiger partial charge < -0.3 is 5.32 Å². The molecule has 2 aromatic heterocycles. The zero-order chi connectivity index (χ0) is 12.5. The molecule has 5 heteroatoms. The summed E-state index contributed by atoms with van der Waals surface area (Å²) >= 11 is 0. The highest BCUT2D eigenvalue weighted by molar-refractivity contribution is 5.41. The molecule has 18 heavy (non-hydrogen) atoms. The summed E-state index contributed by atoms with van der Waals surface area (Å²) in [6.07, 6.45) is 5.33. The van der Waals surface area contributed by atoms with E-state index in [1.54, 1.807) is 0 Å². The van der Waals surface area contributed by atoms with Gasteiger partial charge >= 0.3 is 0 Å². The Morgan fingerprint density at radius 2 is 2.22 bits per heavy atom. The standard InChI is InChI=1S/C13H17N5/c1-3-11-15-12(14-2)8-13(16-11)18-7-6-10(17-18)9-4-5-9/h6-9H,3-5H2,1-2H3,(H,14,15,16). The minimum absolute atomic E-state index is 0.669. The lowest BCUT2D eigenvalue weighted by molar-refractivity contribution is 0.791. The van der Waals surface area contributed by atoms with Gasteiger partial charge in [-0.25, -0.2) is 14.6 Å². The Morgan fingerprint density at radius 3 is 2.89 bits per heavy atom. The summed E-state index contributed by atoms with van der Waals surface area (Å²) in [5.41, 5.74) is 1.18. The van der Waals surface area contributed by atoms with Gasteiger partial charge in [0.1, 0.15) is 11.6 Å². The van der Waals surface area contributed by atoms with Crippen LogP contribution in [0, 0.1) is 0 Å². The average Bonchev–Trinajstić information content (AvgIpc) is 3.15. The molecule has 2 aromatic rings. The molecule has 0 unspecified atom stereocenters. The second-order valence-corrected chi connectivity index (χ2v) is 4.59. The molecule has 3 rings (SSSR count). The van der Waals surface area contributed by atoms with Gasteiger partial charge in [-0.2, -0.15) is 5.10 Å². The van der Waals surface area contributed by atoms with E-state index in [-0.39, 0.29) is 0 Å². The first-order valence-electron chi connectivity index (χ1n) is 6.42. The van der Waals surface area contributed by atoms with Gasteiger partial charge in [0.15, 0.2) is 5.82 Å². The number of hydrogen-bond acceptors (Lipinski definition) is 4. The number of hydrogen-bond donors (Lipinski definition) is 1. The Morgan fingerprint density at radius 1 is 1.39 bits per heavy atom. The van der Waals surface area contributed by atoms with Gasteiger partial charge in [-0.3, -0.25) is 0 Å². The van der Waals surface area contributed by atoms with E-state index < -0.39 is 0 Å². The molecule has 2 heterocycles. The first kappa shape index (κ1) is 11.2. The molecule has 1 aliphatic rings. The van der Waals surface area contributed by atoms with Gasteiger partial charge in [-0.1, -0.05) is 6.92 Å². The van der Waals surface area contributed by atoms with Gasteiger partial charge in [0.25, 0.3) is 0 Å². The monoisotopic (exact) mass is 243 g/mol. The molecule has 0 atom stereocenters. The van der Waals surface area contributed by atoms with Crippen molar-refractivity contribution in [3.8, 4) is 5.82 Å². The average molecular weight is 243 g/mol. The highest BCUT2D eigenvalue weighted by Gasteiger charge is 2.26. The number of aryl methyl sites for hydroxylation is 1. The van der Waals surface area contributed by atoms with Gasteiger partial charge in [-0.05, 0) is 18.9 Å². The number of nitrogens with zero attached hydrogens (tertiary/aromatic N) is 4. The number of rotatable bonds is 4. The second kappa shape index (κ2) is 4.40. The van der Waals surface area contributed by atoms with Crippen LogP contribution in [0.25, 0.3) is 5.82 Å². The molecule has 0 aromatic carbocycles. The number of nitrogens with one attached hydrogen (secondary N) is 1. The van der Waals surface area contributed by atoms with Crippen molar-refractivity contribution in [3.05, 3.63) is 29.8 Å². The van der Waals surface area contributed by atoms with Crippen molar-refractivity contribution >= 4 is 5.82 Å². The summed E-state index contributed by atoms with van der Waals surface area (Å²) in [7, 11) is 1.87. The zero-order valence-electron chi connectivity index (χ0n) is 10.7. The normalized spacial score (nSPS) is 14.8. The van der Waals surface area contributed by atoms with Crippen molar-refractivity contribution in [2.24, 2.45) is 0 Å². The van der Waals surface area contributed by atoms with E-state index in [4.69, 9.17) is 0 Å².